The number of likely N-dealkylation sites (N-methyl/N-ethyl adjacent to an activating group) is 2. The molecule has 7 heterocycles. The molecule has 45 nitrogen and oxygen atoms in total. The van der Waals surface area contributed by atoms with E-state index >= 15 is 47.9 Å². The first kappa shape index (κ1) is 108. The largest absolute Gasteiger partial charge is 0.508 e. The van der Waals surface area contributed by atoms with Gasteiger partial charge in [0.15, 0.2) is 11.7 Å². The van der Waals surface area contributed by atoms with Gasteiger partial charge in [0, 0.05) is 112 Å². The van der Waals surface area contributed by atoms with Crippen molar-refractivity contribution >= 4 is 134 Å². The number of aliphatic hydroxyl groups is 3. The number of phenols is 1. The van der Waals surface area contributed by atoms with E-state index in [1.807, 2.05) is 26.0 Å². The molecule has 1 unspecified atom stereocenters. The van der Waals surface area contributed by atoms with Crippen LogP contribution in [0.1, 0.15) is 145 Å². The molecular weight excluding hydrogens is 1820 g/mol. The topological polar surface area (TPSA) is 685 Å². The predicted octanol–water partition coefficient (Wildman–Crippen LogP) is -3.27. The number of benzene rings is 3. The van der Waals surface area contributed by atoms with Gasteiger partial charge in [0.25, 0.3) is 0 Å². The lowest BCUT2D eigenvalue weighted by atomic mass is 9.97. The van der Waals surface area contributed by atoms with E-state index in [-0.39, 0.29) is 127 Å². The summed E-state index contributed by atoms with van der Waals surface area (Å²) < 4.78 is 0. The number of carboxylic acids is 1. The minimum absolute atomic E-state index is 0.00858. The summed E-state index contributed by atoms with van der Waals surface area (Å²) in [6.45, 7) is 0.606. The van der Waals surface area contributed by atoms with Gasteiger partial charge < -0.3 is 130 Å². The maximum Gasteiger partial charge on any atom is 0.305 e. The zero-order valence-electron chi connectivity index (χ0n) is 78.5. The maximum absolute atomic E-state index is 15.7. The van der Waals surface area contributed by atoms with E-state index in [1.54, 1.807) is 48.8 Å². The Hall–Kier alpha value is -13.2. The molecule has 4 fully saturated rings. The Morgan fingerprint density at radius 2 is 1.12 bits per heavy atom. The molecule has 0 spiro atoms. The van der Waals surface area contributed by atoms with E-state index in [4.69, 9.17) is 22.6 Å². The minimum atomic E-state index is -1.88. The third kappa shape index (κ3) is 30.2. The van der Waals surface area contributed by atoms with Crippen LogP contribution in [0.3, 0.4) is 0 Å². The van der Waals surface area contributed by atoms with Crippen LogP contribution in [0.2, 0.25) is 0 Å². The van der Waals surface area contributed by atoms with Crippen LogP contribution in [-0.4, -0.2) is 345 Å². The number of piperidine rings is 1. The number of guanidine groups is 1. The van der Waals surface area contributed by atoms with Gasteiger partial charge in [0.1, 0.15) is 84.5 Å². The number of fused-ring (bicyclic) bond motifs is 5. The van der Waals surface area contributed by atoms with Gasteiger partial charge in [-0.25, -0.2) is 4.98 Å². The third-order valence-electron chi connectivity index (χ3n) is 25.5. The first-order valence-electron chi connectivity index (χ1n) is 47.1. The molecule has 46 heteroatoms. The first-order valence-corrected chi connectivity index (χ1v) is 48.3. The normalized spacial score (nSPS) is 25.3. The van der Waals surface area contributed by atoms with Crippen LogP contribution < -0.4 is 75.7 Å². The monoisotopic (exact) mass is 1950 g/mol. The molecule has 0 saturated carbocycles. The number of nitrogens with one attached hydrogen (secondary N) is 15. The standard InChI is InChI=1S/C93H132N24O21S/c1-5-7-24-71-84(130)106-62(23-16-33-99-93(96)97)81(127)112-70(80(126)103-46-77(95)122)49-139-50-78(123)105-67(36-52-28-30-56(119)31-29-52)90(136)115-34-14-13-26-72(115)86(132)110-68(41-79(124)125)91(137)116-35-17-27-73(116)85(131)109-65(39-55-44-98-51-104-55)83(129)107-63(22-15-32-94)89(135)117-47-57(120)40-75(117)87(133)108-64(37-53-42-100-60-20-11-9-18-58(53)60)82(128)111-69(48-118)76(121)45-102-66(38-54-43-101-61-21-12-10-19-59(54)61)88(134)114(4)74(25-8-6-2)92(138)113(71)3/h9-12,18-21,28-31,42-44,51,57,62-75,80,100-103,118-120,126H,5-8,13-17,22-27,32-41,45-50,94H2,1-4H3,(H2,95,122)(H,98,104)(H,105,123)(H,106,130)(H,107,129)(H,108,133)(H,109,131)(H,110,132)(H,111,128)(H,112,127)(H,124,125)(H4,96,97,99)/t57-,62+,63+,64+,65+,66+,67+,68+,69+,70+,71+,72+,73+,74+,75+,80?/m1/s1. The van der Waals surface area contributed by atoms with Crippen LogP contribution in [0.5, 0.6) is 5.75 Å². The smallest absolute Gasteiger partial charge is 0.305 e. The summed E-state index contributed by atoms with van der Waals surface area (Å²) in [4.78, 5) is 256. The number of nitrogens with zero attached hydrogens (tertiary/aromatic N) is 6. The number of aromatic nitrogens is 4. The quantitative estimate of drug-likeness (QED) is 0.00992. The van der Waals surface area contributed by atoms with Crippen molar-refractivity contribution in [1.82, 2.24) is 103 Å². The van der Waals surface area contributed by atoms with Crippen molar-refractivity contribution in [3.63, 3.8) is 0 Å². The number of aromatic amines is 3. The van der Waals surface area contributed by atoms with E-state index in [1.165, 1.54) is 65.6 Å². The lowest BCUT2D eigenvalue weighted by Crippen LogP contribution is -2.61. The lowest BCUT2D eigenvalue weighted by molar-refractivity contribution is -0.149. The van der Waals surface area contributed by atoms with Crippen LogP contribution in [0.4, 0.5) is 0 Å². The molecular formula is C93H132N24O21S. The molecule has 3 aromatic heterocycles. The van der Waals surface area contributed by atoms with E-state index in [0.29, 0.717) is 77.0 Å². The Morgan fingerprint density at radius 1 is 0.568 bits per heavy atom. The Bertz CT molecular complexity index is 5280. The van der Waals surface area contributed by atoms with E-state index in [9.17, 15) is 54.3 Å². The average molecular weight is 1950 g/mol. The fourth-order valence-corrected chi connectivity index (χ4v) is 18.8. The number of amides is 14. The maximum atomic E-state index is 15.7. The highest BCUT2D eigenvalue weighted by Crippen LogP contribution is 2.29. The summed E-state index contributed by atoms with van der Waals surface area (Å²) in [5, 5.41) is 94.1. The summed E-state index contributed by atoms with van der Waals surface area (Å²) in [5.41, 5.74) is 20.3. The highest BCUT2D eigenvalue weighted by atomic mass is 32.2. The number of rotatable bonds is 28. The first-order chi connectivity index (χ1) is 66.6. The van der Waals surface area contributed by atoms with Crippen LogP contribution in [-0.2, 0) is 102 Å². The molecule has 0 aliphatic carbocycles. The molecule has 4 saturated heterocycles. The molecule has 0 radical (unpaired) electrons. The van der Waals surface area contributed by atoms with Crippen molar-refractivity contribution in [2.24, 2.45) is 17.2 Å². The molecule has 14 amide bonds. The second-order valence-corrected chi connectivity index (χ2v) is 36.6. The highest BCUT2D eigenvalue weighted by molar-refractivity contribution is 8.00. The second-order valence-electron chi connectivity index (χ2n) is 35.6. The number of hydrogen-bond donors (Lipinski definition) is 23. The van der Waals surface area contributed by atoms with Gasteiger partial charge in [-0.05, 0) is 125 Å². The zero-order valence-corrected chi connectivity index (χ0v) is 79.3. The number of phenolic OH excluding ortho intramolecular Hbond substituents is 1. The van der Waals surface area contributed by atoms with Crippen LogP contribution in [0.25, 0.3) is 21.8 Å². The number of aliphatic hydroxyl groups excluding tert-OH is 3. The Kier molecular flexibility index (Phi) is 40.8. The number of H-pyrrole nitrogens is 3. The number of primary amides is 1. The number of carbonyl (C=O) groups excluding carboxylic acids is 15. The molecule has 26 N–H and O–H groups in total. The van der Waals surface area contributed by atoms with Gasteiger partial charge in [-0.3, -0.25) is 92.8 Å². The average Bonchev–Trinajstić information content (AvgIpc) is 1.74. The van der Waals surface area contributed by atoms with E-state index in [0.717, 1.165) is 21.6 Å². The number of carbonyl (C=O) groups is 16. The number of nitrogens with two attached hydrogens (primary N) is 3. The van der Waals surface area contributed by atoms with E-state index in [2.05, 4.69) is 78.4 Å². The summed E-state index contributed by atoms with van der Waals surface area (Å²) >= 11 is 0.834. The number of unbranched alkanes of at least 4 members (excludes halogenated alkanes) is 2. The van der Waals surface area contributed by atoms with Gasteiger partial charge in [-0.2, -0.15) is 0 Å². The molecule has 16 atom stereocenters. The van der Waals surface area contributed by atoms with Crippen LogP contribution >= 0.6 is 11.8 Å². The summed E-state index contributed by atoms with van der Waals surface area (Å²) in [5.74, 6) is -16.3. The molecule has 3 aromatic carbocycles. The number of Topliss-reactive ketones (excluding diaryl/α,β-unsaturated/α-hetero) is 1. The van der Waals surface area contributed by atoms with Gasteiger partial charge in [0.2, 0.25) is 82.7 Å². The number of hydrogen-bond acceptors (Lipinski definition) is 26. The Labute approximate surface area is 807 Å². The van der Waals surface area contributed by atoms with Crippen molar-refractivity contribution in [3.05, 3.63) is 120 Å². The van der Waals surface area contributed by atoms with Crippen LogP contribution in [0, 0.1) is 5.41 Å². The number of aromatic hydroxyl groups is 1. The second kappa shape index (κ2) is 52.6. The molecule has 0 bridgehead atoms. The number of aliphatic carboxylic acids is 1. The Balaban J connectivity index is 1.01. The van der Waals surface area contributed by atoms with Crippen molar-refractivity contribution in [1.29, 1.82) is 5.41 Å². The summed E-state index contributed by atoms with van der Waals surface area (Å²) in [6, 6.07) is -1.31. The minimum Gasteiger partial charge on any atom is -0.508 e. The van der Waals surface area contributed by atoms with Crippen molar-refractivity contribution < 1.29 is 102 Å². The number of carboxylic acid groups (broad SMARTS) is 1. The SMILES string of the molecule is CCCC[C@H]1C(=O)N(C)[C@@H](CCCC)C(=O)N[C@@H](CCCNC(=N)N)C(=O)N[C@H](C(O)NCC(N)=O)CSCC(=O)N[C@@H](Cc2ccc(O)cc2)C(=O)N2CCCC[C@H]2C(=O)N[C@@H](CC(=O)O)C(=O)N2CCC[C@H]2C(=O)N[C@@H](Cc2c[nH]cn2)C(=O)N[C@@H](CCCN)C(=O)N2C[C@H](O)C[C@H]2C(=O)N[C@@H](Cc2c[nH]c3ccccc23)C(=O)N[C@@H](CO)C(=O)CN[C@@H](Cc2c[nH]c3ccccc23)C(=O)N1C. The summed E-state index contributed by atoms with van der Waals surface area (Å²) in [7, 11) is 2.78. The lowest BCUT2D eigenvalue weighted by Gasteiger charge is -2.38. The van der Waals surface area contributed by atoms with Gasteiger partial charge in [-0.1, -0.05) is 88.1 Å². The van der Waals surface area contributed by atoms with Gasteiger partial charge >= 0.3 is 5.97 Å². The van der Waals surface area contributed by atoms with Crippen molar-refractivity contribution in [2.45, 2.75) is 246 Å². The van der Waals surface area contributed by atoms with Crippen molar-refractivity contribution in [2.75, 3.05) is 78.0 Å². The highest BCUT2D eigenvalue weighted by Gasteiger charge is 2.47. The van der Waals surface area contributed by atoms with Crippen molar-refractivity contribution in [3.8, 4) is 5.75 Å². The molecule has 10 rings (SSSR count). The zero-order chi connectivity index (χ0) is 101. The fraction of sp³-hybridized carbons (Fsp3) is 0.548. The van der Waals surface area contributed by atoms with Gasteiger partial charge in [0.05, 0.1) is 62.1 Å². The number of para-hydroxylation sites is 2. The third-order valence-corrected chi connectivity index (χ3v) is 26.5. The van der Waals surface area contributed by atoms with Crippen LogP contribution in [0.15, 0.2) is 97.7 Å². The number of imidazole rings is 1. The predicted molar refractivity (Wildman–Crippen MR) is 510 cm³/mol. The molecule has 4 aliphatic rings. The molecule has 4 aliphatic heterocycles. The Morgan fingerprint density at radius 3 is 1.72 bits per heavy atom. The molecule has 756 valence electrons. The fourth-order valence-electron chi connectivity index (χ4n) is 17.9. The summed E-state index contributed by atoms with van der Waals surface area (Å²) in [6.07, 6.45) is 2.77. The van der Waals surface area contributed by atoms with Gasteiger partial charge in [-0.15, -0.1) is 11.8 Å². The molecule has 6 aromatic rings. The number of thioether (sulfide) groups is 1. The number of ketones is 1. The van der Waals surface area contributed by atoms with E-state index < -0.39 is 242 Å². The molecule has 139 heavy (non-hydrogen) atoms.